The van der Waals surface area contributed by atoms with Gasteiger partial charge in [-0.05, 0) is 48.2 Å². The van der Waals surface area contributed by atoms with Crippen molar-refractivity contribution in [2.75, 3.05) is 11.9 Å². The number of nitrogens with one attached hydrogen (secondary N) is 1. The first-order chi connectivity index (χ1) is 11.0. The summed E-state index contributed by atoms with van der Waals surface area (Å²) in [5, 5.41) is 23.4. The van der Waals surface area contributed by atoms with E-state index in [1.54, 1.807) is 12.1 Å². The van der Waals surface area contributed by atoms with Crippen LogP contribution in [0.2, 0.25) is 0 Å². The molecule has 2 N–H and O–H groups in total. The second-order valence-corrected chi connectivity index (χ2v) is 5.91. The third kappa shape index (κ3) is 3.17. The Morgan fingerprint density at radius 2 is 2.04 bits per heavy atom. The zero-order chi connectivity index (χ0) is 16.4. The average Bonchev–Trinajstić information content (AvgIpc) is 3.33. The highest BCUT2D eigenvalue weighted by atomic mass is 19.1. The van der Waals surface area contributed by atoms with Crippen molar-refractivity contribution in [3.8, 4) is 0 Å². The fourth-order valence-electron chi connectivity index (χ4n) is 2.78. The predicted octanol–water partition coefficient (Wildman–Crippen LogP) is 3.37. The number of anilines is 1. The Balaban J connectivity index is 1.82. The van der Waals surface area contributed by atoms with Gasteiger partial charge in [-0.15, -0.1) is 0 Å². The number of halogens is 1. The molecule has 5 nitrogen and oxygen atoms in total. The van der Waals surface area contributed by atoms with Gasteiger partial charge in [0.15, 0.2) is 0 Å². The topological polar surface area (TPSA) is 75.4 Å². The molecule has 0 spiro atoms. The molecule has 3 rings (SSSR count). The van der Waals surface area contributed by atoms with Crippen molar-refractivity contribution in [2.24, 2.45) is 0 Å². The van der Waals surface area contributed by atoms with E-state index < -0.39 is 4.92 Å². The molecule has 1 aliphatic carbocycles. The van der Waals surface area contributed by atoms with Gasteiger partial charge in [0.05, 0.1) is 11.5 Å². The maximum absolute atomic E-state index is 13.4. The molecule has 2 aromatic carbocycles. The molecular formula is C17H17FN2O3. The number of hydrogen-bond donors (Lipinski definition) is 2. The van der Waals surface area contributed by atoms with E-state index in [0.29, 0.717) is 17.8 Å². The summed E-state index contributed by atoms with van der Waals surface area (Å²) >= 11 is 0. The van der Waals surface area contributed by atoms with E-state index in [9.17, 15) is 19.6 Å². The molecule has 0 aromatic heterocycles. The van der Waals surface area contributed by atoms with Crippen LogP contribution in [-0.2, 0) is 12.0 Å². The molecule has 1 fully saturated rings. The SMILES string of the molecule is O=[N+]([O-])c1ccc(CO)cc1NCC1(c2cccc(F)c2)CC1. The summed E-state index contributed by atoms with van der Waals surface area (Å²) in [6, 6.07) is 11.0. The monoisotopic (exact) mass is 316 g/mol. The van der Waals surface area contributed by atoms with Crippen LogP contribution in [-0.4, -0.2) is 16.6 Å². The fourth-order valence-corrected chi connectivity index (χ4v) is 2.78. The Hall–Kier alpha value is -2.47. The number of nitro groups is 1. The average molecular weight is 316 g/mol. The first-order valence-electron chi connectivity index (χ1n) is 7.42. The van der Waals surface area contributed by atoms with Crippen LogP contribution in [0.25, 0.3) is 0 Å². The van der Waals surface area contributed by atoms with E-state index in [0.717, 1.165) is 18.4 Å². The number of aliphatic hydroxyl groups is 1. The van der Waals surface area contributed by atoms with Crippen LogP contribution in [0, 0.1) is 15.9 Å². The lowest BCUT2D eigenvalue weighted by molar-refractivity contribution is -0.384. The third-order valence-electron chi connectivity index (χ3n) is 4.35. The zero-order valence-corrected chi connectivity index (χ0v) is 12.5. The van der Waals surface area contributed by atoms with E-state index >= 15 is 0 Å². The van der Waals surface area contributed by atoms with Gasteiger partial charge in [-0.25, -0.2) is 4.39 Å². The molecular weight excluding hydrogens is 299 g/mol. The Labute approximate surface area is 132 Å². The maximum atomic E-state index is 13.4. The lowest BCUT2D eigenvalue weighted by Crippen LogP contribution is -2.20. The molecule has 1 saturated carbocycles. The van der Waals surface area contributed by atoms with Crippen molar-refractivity contribution in [1.29, 1.82) is 0 Å². The van der Waals surface area contributed by atoms with E-state index in [1.165, 1.54) is 24.3 Å². The molecule has 23 heavy (non-hydrogen) atoms. The summed E-state index contributed by atoms with van der Waals surface area (Å²) in [6.45, 7) is 0.313. The van der Waals surface area contributed by atoms with E-state index in [4.69, 9.17) is 0 Å². The zero-order valence-electron chi connectivity index (χ0n) is 12.5. The van der Waals surface area contributed by atoms with Gasteiger partial charge < -0.3 is 10.4 Å². The molecule has 0 bridgehead atoms. The van der Waals surface area contributed by atoms with Gasteiger partial charge in [0.25, 0.3) is 5.69 Å². The van der Waals surface area contributed by atoms with Crippen molar-refractivity contribution in [2.45, 2.75) is 24.9 Å². The van der Waals surface area contributed by atoms with Crippen LogP contribution >= 0.6 is 0 Å². The van der Waals surface area contributed by atoms with Crippen LogP contribution in [0.1, 0.15) is 24.0 Å². The van der Waals surface area contributed by atoms with Crippen LogP contribution < -0.4 is 5.32 Å². The summed E-state index contributed by atoms with van der Waals surface area (Å²) in [5.74, 6) is -0.276. The smallest absolute Gasteiger partial charge is 0.292 e. The lowest BCUT2D eigenvalue weighted by Gasteiger charge is -2.18. The van der Waals surface area contributed by atoms with Crippen molar-refractivity contribution in [3.63, 3.8) is 0 Å². The normalized spacial score (nSPS) is 15.2. The van der Waals surface area contributed by atoms with Crippen molar-refractivity contribution < 1.29 is 14.4 Å². The number of hydrogen-bond acceptors (Lipinski definition) is 4. The fraction of sp³-hybridized carbons (Fsp3) is 0.294. The van der Waals surface area contributed by atoms with Gasteiger partial charge >= 0.3 is 0 Å². The van der Waals surface area contributed by atoms with E-state index in [2.05, 4.69) is 5.32 Å². The Morgan fingerprint density at radius 1 is 1.26 bits per heavy atom. The Morgan fingerprint density at radius 3 is 2.65 bits per heavy atom. The third-order valence-corrected chi connectivity index (χ3v) is 4.35. The second kappa shape index (κ2) is 5.96. The molecule has 1 aliphatic rings. The van der Waals surface area contributed by atoms with Crippen LogP contribution in [0.15, 0.2) is 42.5 Å². The quantitative estimate of drug-likeness (QED) is 0.633. The Bertz CT molecular complexity index is 744. The lowest BCUT2D eigenvalue weighted by atomic mass is 9.95. The molecule has 0 amide bonds. The molecule has 0 aliphatic heterocycles. The van der Waals surface area contributed by atoms with Gasteiger partial charge in [0, 0.05) is 18.0 Å². The number of benzene rings is 2. The maximum Gasteiger partial charge on any atom is 0.292 e. The summed E-state index contributed by atoms with van der Waals surface area (Å²) in [7, 11) is 0. The van der Waals surface area contributed by atoms with Gasteiger partial charge in [-0.3, -0.25) is 10.1 Å². The second-order valence-electron chi connectivity index (χ2n) is 5.91. The van der Waals surface area contributed by atoms with Crippen molar-refractivity contribution in [3.05, 3.63) is 69.5 Å². The highest BCUT2D eigenvalue weighted by molar-refractivity contribution is 5.63. The molecule has 2 aromatic rings. The molecule has 0 radical (unpaired) electrons. The number of nitrogens with zero attached hydrogens (tertiary/aromatic N) is 1. The highest BCUT2D eigenvalue weighted by Crippen LogP contribution is 2.48. The molecule has 0 atom stereocenters. The number of rotatable bonds is 6. The van der Waals surface area contributed by atoms with Gasteiger partial charge in [0.2, 0.25) is 0 Å². The summed E-state index contributed by atoms with van der Waals surface area (Å²) < 4.78 is 13.4. The largest absolute Gasteiger partial charge is 0.392 e. The summed E-state index contributed by atoms with van der Waals surface area (Å²) in [5.41, 5.74) is 1.69. The summed E-state index contributed by atoms with van der Waals surface area (Å²) in [6.07, 6.45) is 1.83. The molecule has 6 heteroatoms. The highest BCUT2D eigenvalue weighted by Gasteiger charge is 2.44. The predicted molar refractivity (Wildman–Crippen MR) is 84.8 cm³/mol. The summed E-state index contributed by atoms with van der Waals surface area (Å²) in [4.78, 5) is 10.7. The Kier molecular flexibility index (Phi) is 4.00. The minimum absolute atomic E-state index is 0.0303. The van der Waals surface area contributed by atoms with E-state index in [-0.39, 0.29) is 23.5 Å². The molecule has 0 heterocycles. The first-order valence-corrected chi connectivity index (χ1v) is 7.42. The van der Waals surface area contributed by atoms with Gasteiger partial charge in [-0.2, -0.15) is 0 Å². The number of aliphatic hydroxyl groups excluding tert-OH is 1. The van der Waals surface area contributed by atoms with Gasteiger partial charge in [-0.1, -0.05) is 12.1 Å². The first kappa shape index (κ1) is 15.4. The van der Waals surface area contributed by atoms with E-state index in [1.807, 2.05) is 6.07 Å². The molecule has 0 saturated heterocycles. The van der Waals surface area contributed by atoms with Crippen LogP contribution in [0.4, 0.5) is 15.8 Å². The minimum atomic E-state index is -0.453. The molecule has 0 unspecified atom stereocenters. The van der Waals surface area contributed by atoms with Crippen LogP contribution in [0.3, 0.4) is 0 Å². The van der Waals surface area contributed by atoms with Gasteiger partial charge in [0.1, 0.15) is 11.5 Å². The standard InChI is InChI=1S/C17H17FN2O3/c18-14-3-1-2-13(9-14)17(6-7-17)11-19-15-8-12(10-21)4-5-16(15)20(22)23/h1-5,8-9,19,21H,6-7,10-11H2. The van der Waals surface area contributed by atoms with Crippen molar-refractivity contribution >= 4 is 11.4 Å². The number of nitro benzene ring substituents is 1. The van der Waals surface area contributed by atoms with Crippen molar-refractivity contribution in [1.82, 2.24) is 0 Å². The molecule has 120 valence electrons. The minimum Gasteiger partial charge on any atom is -0.392 e. The van der Waals surface area contributed by atoms with Crippen LogP contribution in [0.5, 0.6) is 0 Å².